The lowest BCUT2D eigenvalue weighted by Crippen LogP contribution is -2.25. The van der Waals surface area contributed by atoms with Crippen LogP contribution in [0.4, 0.5) is 0 Å². The second-order valence-electron chi connectivity index (χ2n) is 2.17. The molecule has 0 aromatic rings. The van der Waals surface area contributed by atoms with Crippen molar-refractivity contribution in [1.29, 1.82) is 0 Å². The molecule has 0 bridgehead atoms. The Balaban J connectivity index is 0.000000561. The van der Waals surface area contributed by atoms with Gasteiger partial charge in [-0.2, -0.15) is 0 Å². The summed E-state index contributed by atoms with van der Waals surface area (Å²) in [5.41, 5.74) is 1.05. The largest absolute Gasteiger partial charge is 0.494 e. The third-order valence-corrected chi connectivity index (χ3v) is 1.52. The molecule has 0 aliphatic carbocycles. The first-order valence-electron chi connectivity index (χ1n) is 4.60. The minimum Gasteiger partial charge on any atom is -0.494 e. The summed E-state index contributed by atoms with van der Waals surface area (Å²) in [6.07, 6.45) is 2.74. The summed E-state index contributed by atoms with van der Waals surface area (Å²) in [7, 11) is 0. The topological polar surface area (TPSA) is 21.3 Å². The molecule has 0 radical (unpaired) electrons. The highest BCUT2D eigenvalue weighted by atomic mass is 16.5. The third-order valence-electron chi connectivity index (χ3n) is 1.52. The maximum Gasteiger partial charge on any atom is 0.119 e. The Bertz CT molecular complexity index is 161. The molecular weight excluding hydrogens is 150 g/mol. The summed E-state index contributed by atoms with van der Waals surface area (Å²) < 4.78 is 5.38. The van der Waals surface area contributed by atoms with Crippen LogP contribution in [-0.4, -0.2) is 13.2 Å². The van der Waals surface area contributed by atoms with E-state index in [1.165, 1.54) is 0 Å². The fourth-order valence-corrected chi connectivity index (χ4v) is 1.01. The van der Waals surface area contributed by atoms with Gasteiger partial charge in [-0.1, -0.05) is 27.4 Å². The van der Waals surface area contributed by atoms with Gasteiger partial charge in [0.25, 0.3) is 0 Å². The van der Waals surface area contributed by atoms with E-state index >= 15 is 0 Å². The quantitative estimate of drug-likeness (QED) is 0.685. The lowest BCUT2D eigenvalue weighted by molar-refractivity contribution is 0.186. The number of allylic oxidation sites excluding steroid dienone is 2. The monoisotopic (exact) mass is 169 g/mol. The SMILES string of the molecule is C=CC1=C(CC)OCCN1.CC. The van der Waals surface area contributed by atoms with E-state index in [4.69, 9.17) is 4.74 Å². The minimum absolute atomic E-state index is 0.778. The van der Waals surface area contributed by atoms with E-state index in [9.17, 15) is 0 Å². The highest BCUT2D eigenvalue weighted by Gasteiger charge is 2.07. The molecule has 12 heavy (non-hydrogen) atoms. The predicted octanol–water partition coefficient (Wildman–Crippen LogP) is 2.44. The van der Waals surface area contributed by atoms with Crippen LogP contribution in [0.15, 0.2) is 24.1 Å². The Morgan fingerprint density at radius 3 is 2.67 bits per heavy atom. The molecule has 0 fully saturated rings. The number of hydrogen-bond acceptors (Lipinski definition) is 2. The van der Waals surface area contributed by atoms with E-state index in [0.717, 1.165) is 31.0 Å². The zero-order valence-electron chi connectivity index (χ0n) is 8.31. The highest BCUT2D eigenvalue weighted by molar-refractivity contribution is 5.19. The van der Waals surface area contributed by atoms with E-state index in [1.54, 1.807) is 6.08 Å². The summed E-state index contributed by atoms with van der Waals surface area (Å²) in [6, 6.07) is 0. The van der Waals surface area contributed by atoms with E-state index < -0.39 is 0 Å². The van der Waals surface area contributed by atoms with Crippen LogP contribution in [0.25, 0.3) is 0 Å². The van der Waals surface area contributed by atoms with Gasteiger partial charge in [-0.3, -0.25) is 0 Å². The molecule has 0 spiro atoms. The maximum absolute atomic E-state index is 5.38. The molecule has 0 amide bonds. The molecule has 1 heterocycles. The van der Waals surface area contributed by atoms with Gasteiger partial charge in [0.1, 0.15) is 12.4 Å². The first-order valence-corrected chi connectivity index (χ1v) is 4.60. The van der Waals surface area contributed by atoms with Crippen LogP contribution in [0.5, 0.6) is 0 Å². The molecule has 1 aliphatic rings. The summed E-state index contributed by atoms with van der Waals surface area (Å²) in [6.45, 7) is 11.4. The van der Waals surface area contributed by atoms with Gasteiger partial charge in [-0.15, -0.1) is 0 Å². The van der Waals surface area contributed by atoms with Gasteiger partial charge >= 0.3 is 0 Å². The van der Waals surface area contributed by atoms with Gasteiger partial charge in [0.2, 0.25) is 0 Å². The molecule has 2 heteroatoms. The van der Waals surface area contributed by atoms with Gasteiger partial charge in [-0.25, -0.2) is 0 Å². The fraction of sp³-hybridized carbons (Fsp3) is 0.600. The first kappa shape index (κ1) is 11.1. The smallest absolute Gasteiger partial charge is 0.119 e. The second-order valence-corrected chi connectivity index (χ2v) is 2.17. The molecule has 0 atom stereocenters. The third kappa shape index (κ3) is 2.99. The molecule has 2 nitrogen and oxygen atoms in total. The molecule has 1 N–H and O–H groups in total. The van der Waals surface area contributed by atoms with Gasteiger partial charge in [0.15, 0.2) is 0 Å². The maximum atomic E-state index is 5.38. The summed E-state index contributed by atoms with van der Waals surface area (Å²) in [4.78, 5) is 0. The summed E-state index contributed by atoms with van der Waals surface area (Å²) in [5.74, 6) is 1.03. The average Bonchev–Trinajstić information content (AvgIpc) is 2.20. The van der Waals surface area contributed by atoms with Gasteiger partial charge in [-0.05, 0) is 6.08 Å². The van der Waals surface area contributed by atoms with Gasteiger partial charge in [0.05, 0.1) is 5.70 Å². The summed E-state index contributed by atoms with van der Waals surface area (Å²) in [5, 5.41) is 3.21. The lowest BCUT2D eigenvalue weighted by Gasteiger charge is -2.19. The molecule has 0 aromatic heterocycles. The van der Waals surface area contributed by atoms with Crippen molar-refractivity contribution >= 4 is 0 Å². The molecule has 0 saturated carbocycles. The number of hydrogen-bond donors (Lipinski definition) is 1. The lowest BCUT2D eigenvalue weighted by atomic mass is 10.2. The van der Waals surface area contributed by atoms with Crippen molar-refractivity contribution < 1.29 is 4.74 Å². The Morgan fingerprint density at radius 2 is 2.25 bits per heavy atom. The van der Waals surface area contributed by atoms with Crippen molar-refractivity contribution in [2.24, 2.45) is 0 Å². The van der Waals surface area contributed by atoms with Crippen LogP contribution in [0.3, 0.4) is 0 Å². The molecule has 0 aromatic carbocycles. The van der Waals surface area contributed by atoms with Crippen molar-refractivity contribution in [2.45, 2.75) is 27.2 Å². The van der Waals surface area contributed by atoms with Crippen LogP contribution < -0.4 is 5.32 Å². The Morgan fingerprint density at radius 1 is 1.58 bits per heavy atom. The van der Waals surface area contributed by atoms with E-state index in [-0.39, 0.29) is 0 Å². The van der Waals surface area contributed by atoms with E-state index in [2.05, 4.69) is 18.8 Å². The van der Waals surface area contributed by atoms with E-state index in [1.807, 2.05) is 13.8 Å². The van der Waals surface area contributed by atoms with Crippen LogP contribution in [0.1, 0.15) is 27.2 Å². The van der Waals surface area contributed by atoms with Crippen LogP contribution >= 0.6 is 0 Å². The second kappa shape index (κ2) is 6.77. The molecule has 1 rings (SSSR count). The van der Waals surface area contributed by atoms with Crippen LogP contribution in [-0.2, 0) is 4.74 Å². The molecular formula is C10H19NO. The number of rotatable bonds is 2. The average molecular weight is 169 g/mol. The van der Waals surface area contributed by atoms with Crippen LogP contribution in [0, 0.1) is 0 Å². The van der Waals surface area contributed by atoms with Gasteiger partial charge < -0.3 is 10.1 Å². The normalized spacial score (nSPS) is 15.2. The van der Waals surface area contributed by atoms with Crippen molar-refractivity contribution in [3.63, 3.8) is 0 Å². The van der Waals surface area contributed by atoms with E-state index in [0.29, 0.717) is 0 Å². The zero-order valence-corrected chi connectivity index (χ0v) is 8.31. The molecule has 70 valence electrons. The highest BCUT2D eigenvalue weighted by Crippen LogP contribution is 2.11. The standard InChI is InChI=1S/C8H13NO.C2H6/c1-3-7-8(4-2)10-6-5-9-7;1-2/h3,9H,1,4-6H2,2H3;1-2H3. The Labute approximate surface area is 75.3 Å². The van der Waals surface area contributed by atoms with Crippen LogP contribution in [0.2, 0.25) is 0 Å². The minimum atomic E-state index is 0.778. The predicted molar refractivity (Wildman–Crippen MR) is 52.8 cm³/mol. The molecule has 0 saturated heterocycles. The number of nitrogens with one attached hydrogen (secondary N) is 1. The summed E-state index contributed by atoms with van der Waals surface area (Å²) >= 11 is 0. The molecule has 1 aliphatic heterocycles. The first-order chi connectivity index (χ1) is 5.88. The Kier molecular flexibility index (Phi) is 6.25. The van der Waals surface area contributed by atoms with Crippen molar-refractivity contribution in [3.8, 4) is 0 Å². The van der Waals surface area contributed by atoms with Crippen molar-refractivity contribution in [2.75, 3.05) is 13.2 Å². The fourth-order valence-electron chi connectivity index (χ4n) is 1.01. The van der Waals surface area contributed by atoms with Gasteiger partial charge in [0, 0.05) is 13.0 Å². The molecule has 0 unspecified atom stereocenters. The number of ether oxygens (including phenoxy) is 1. The Hall–Kier alpha value is -0.920. The van der Waals surface area contributed by atoms with Crippen molar-refractivity contribution in [3.05, 3.63) is 24.1 Å². The van der Waals surface area contributed by atoms with Crippen molar-refractivity contribution in [1.82, 2.24) is 5.32 Å². The zero-order chi connectivity index (χ0) is 9.40.